The van der Waals surface area contributed by atoms with Gasteiger partial charge in [0.2, 0.25) is 5.91 Å². The third-order valence-corrected chi connectivity index (χ3v) is 6.58. The number of rotatable bonds is 4. The van der Waals surface area contributed by atoms with Gasteiger partial charge in [-0.05, 0) is 49.9 Å². The Balaban J connectivity index is 1.19. The van der Waals surface area contributed by atoms with Crippen molar-refractivity contribution >= 4 is 34.3 Å². The lowest BCUT2D eigenvalue weighted by molar-refractivity contribution is -0.122. The number of carbonyl (C=O) groups excluding carboxylic acids is 2. The molecule has 3 aromatic heterocycles. The summed E-state index contributed by atoms with van der Waals surface area (Å²) < 4.78 is 5.75. The van der Waals surface area contributed by atoms with E-state index in [-0.39, 0.29) is 17.9 Å². The van der Waals surface area contributed by atoms with Gasteiger partial charge in [0.25, 0.3) is 0 Å². The average Bonchev–Trinajstić information content (AvgIpc) is 3.40. The summed E-state index contributed by atoms with van der Waals surface area (Å²) in [7, 11) is 0. The first-order valence-corrected chi connectivity index (χ1v) is 11.1. The van der Waals surface area contributed by atoms with Gasteiger partial charge in [0.15, 0.2) is 5.13 Å². The molecule has 1 N–H and O–H groups in total. The summed E-state index contributed by atoms with van der Waals surface area (Å²) in [4.78, 5) is 39.8. The standard InChI is InChI=1S/C22H21N5O3S/c28-19(26-20-25-17(13-31-20)16-5-1-3-11-23-16)15-7-9-22(10-8-15)14-27(21(29)30-22)18-6-2-4-12-24-18/h1-6,11-13,15H,7-10,14H2,(H,25,26,28)/t15-,22-. The van der Waals surface area contributed by atoms with E-state index in [1.807, 2.05) is 35.7 Å². The molecule has 0 radical (unpaired) electrons. The second kappa shape index (κ2) is 8.07. The molecule has 0 bridgehead atoms. The highest BCUT2D eigenvalue weighted by molar-refractivity contribution is 7.14. The third-order valence-electron chi connectivity index (χ3n) is 5.83. The summed E-state index contributed by atoms with van der Waals surface area (Å²) in [6.45, 7) is 0.469. The number of nitrogens with zero attached hydrogens (tertiary/aromatic N) is 4. The van der Waals surface area contributed by atoms with Crippen LogP contribution in [0.2, 0.25) is 0 Å². The molecule has 2 fully saturated rings. The van der Waals surface area contributed by atoms with Crippen molar-refractivity contribution < 1.29 is 14.3 Å². The van der Waals surface area contributed by atoms with Crippen molar-refractivity contribution in [1.82, 2.24) is 15.0 Å². The number of amides is 2. The molecule has 4 heterocycles. The molecule has 0 atom stereocenters. The van der Waals surface area contributed by atoms with Crippen LogP contribution in [-0.4, -0.2) is 39.1 Å². The SMILES string of the molecule is O=C1O[C@]2(CC[C@H](C(=O)Nc3nc(-c4ccccn4)cs3)CC2)CN1c1ccccn1. The van der Waals surface area contributed by atoms with Gasteiger partial charge in [0.05, 0.1) is 12.2 Å². The first kappa shape index (κ1) is 19.6. The van der Waals surface area contributed by atoms with E-state index in [9.17, 15) is 9.59 Å². The number of ether oxygens (including phenoxy) is 1. The summed E-state index contributed by atoms with van der Waals surface area (Å²) >= 11 is 1.39. The van der Waals surface area contributed by atoms with Gasteiger partial charge in [-0.15, -0.1) is 11.3 Å². The van der Waals surface area contributed by atoms with Crippen LogP contribution in [0.4, 0.5) is 15.7 Å². The maximum atomic E-state index is 12.8. The first-order chi connectivity index (χ1) is 15.1. The summed E-state index contributed by atoms with van der Waals surface area (Å²) in [6, 6.07) is 11.1. The molecule has 9 heteroatoms. The van der Waals surface area contributed by atoms with Crippen LogP contribution in [0.1, 0.15) is 25.7 Å². The topological polar surface area (TPSA) is 97.3 Å². The van der Waals surface area contributed by atoms with Crippen LogP contribution in [-0.2, 0) is 9.53 Å². The van der Waals surface area contributed by atoms with E-state index in [0.717, 1.165) is 11.4 Å². The van der Waals surface area contributed by atoms with Crippen LogP contribution in [0.3, 0.4) is 0 Å². The number of hydrogen-bond donors (Lipinski definition) is 1. The smallest absolute Gasteiger partial charge is 0.416 e. The molecule has 3 aromatic rings. The molecule has 0 aromatic carbocycles. The van der Waals surface area contributed by atoms with E-state index < -0.39 is 5.60 Å². The zero-order valence-corrected chi connectivity index (χ0v) is 17.5. The van der Waals surface area contributed by atoms with Gasteiger partial charge in [-0.2, -0.15) is 0 Å². The fraction of sp³-hybridized carbons (Fsp3) is 0.318. The number of carbonyl (C=O) groups is 2. The van der Waals surface area contributed by atoms with Gasteiger partial charge in [0.1, 0.15) is 17.1 Å². The van der Waals surface area contributed by atoms with Crippen LogP contribution >= 0.6 is 11.3 Å². The fourth-order valence-corrected chi connectivity index (χ4v) is 4.86. The highest BCUT2D eigenvalue weighted by Gasteiger charge is 2.48. The number of hydrogen-bond acceptors (Lipinski definition) is 7. The third kappa shape index (κ3) is 4.00. The van der Waals surface area contributed by atoms with E-state index in [1.165, 1.54) is 11.3 Å². The highest BCUT2D eigenvalue weighted by atomic mass is 32.1. The van der Waals surface area contributed by atoms with Crippen LogP contribution in [0.5, 0.6) is 0 Å². The second-order valence-electron chi connectivity index (χ2n) is 7.84. The molecule has 1 saturated heterocycles. The lowest BCUT2D eigenvalue weighted by Crippen LogP contribution is -2.41. The Bertz CT molecular complexity index is 1080. The largest absolute Gasteiger partial charge is 0.441 e. The molecule has 8 nitrogen and oxygen atoms in total. The summed E-state index contributed by atoms with van der Waals surface area (Å²) in [5, 5.41) is 5.39. The molecule has 0 unspecified atom stereocenters. The van der Waals surface area contributed by atoms with Gasteiger partial charge in [0, 0.05) is 23.7 Å². The second-order valence-corrected chi connectivity index (χ2v) is 8.70. The summed E-state index contributed by atoms with van der Waals surface area (Å²) in [5.41, 5.74) is 0.981. The van der Waals surface area contributed by atoms with E-state index in [0.29, 0.717) is 43.2 Å². The molecule has 1 aliphatic carbocycles. The quantitative estimate of drug-likeness (QED) is 0.662. The van der Waals surface area contributed by atoms with Crippen LogP contribution in [0.15, 0.2) is 54.2 Å². The Morgan fingerprint density at radius 3 is 2.58 bits per heavy atom. The van der Waals surface area contributed by atoms with Crippen molar-refractivity contribution in [2.75, 3.05) is 16.8 Å². The minimum Gasteiger partial charge on any atom is -0.441 e. The van der Waals surface area contributed by atoms with Gasteiger partial charge in [-0.25, -0.2) is 14.8 Å². The molecule has 1 saturated carbocycles. The maximum absolute atomic E-state index is 12.8. The molecular weight excluding hydrogens is 414 g/mol. The average molecular weight is 436 g/mol. The van der Waals surface area contributed by atoms with E-state index in [2.05, 4.69) is 20.3 Å². The predicted molar refractivity (Wildman–Crippen MR) is 117 cm³/mol. The molecule has 5 rings (SSSR count). The van der Waals surface area contributed by atoms with Gasteiger partial charge in [-0.3, -0.25) is 14.7 Å². The Kier molecular flexibility index (Phi) is 5.11. The molecule has 31 heavy (non-hydrogen) atoms. The fourth-order valence-electron chi connectivity index (χ4n) is 4.15. The van der Waals surface area contributed by atoms with Gasteiger partial charge >= 0.3 is 6.09 Å². The first-order valence-electron chi connectivity index (χ1n) is 10.2. The van der Waals surface area contributed by atoms with Crippen molar-refractivity contribution in [2.45, 2.75) is 31.3 Å². The summed E-state index contributed by atoms with van der Waals surface area (Å²) in [5.74, 6) is 0.426. The normalized spacial score (nSPS) is 23.0. The Morgan fingerprint density at radius 2 is 1.87 bits per heavy atom. The zero-order valence-electron chi connectivity index (χ0n) is 16.7. The van der Waals surface area contributed by atoms with Crippen LogP contribution in [0, 0.1) is 5.92 Å². The lowest BCUT2D eigenvalue weighted by atomic mass is 9.78. The Morgan fingerprint density at radius 1 is 1.10 bits per heavy atom. The number of nitrogens with one attached hydrogen (secondary N) is 1. The van der Waals surface area contributed by atoms with E-state index in [4.69, 9.17) is 4.74 Å². The molecule has 1 aliphatic heterocycles. The summed E-state index contributed by atoms with van der Waals surface area (Å²) in [6.07, 6.45) is 5.63. The molecule has 1 spiro atoms. The van der Waals surface area contributed by atoms with Crippen LogP contribution < -0.4 is 10.2 Å². The van der Waals surface area contributed by atoms with Crippen molar-refractivity contribution in [2.24, 2.45) is 5.92 Å². The monoisotopic (exact) mass is 435 g/mol. The van der Waals surface area contributed by atoms with Crippen molar-refractivity contribution in [3.63, 3.8) is 0 Å². The molecule has 2 amide bonds. The van der Waals surface area contributed by atoms with Gasteiger partial charge < -0.3 is 10.1 Å². The Labute approximate surface area is 183 Å². The number of thiazole rings is 1. The number of aromatic nitrogens is 3. The van der Waals surface area contributed by atoms with Crippen molar-refractivity contribution in [3.8, 4) is 11.4 Å². The number of anilines is 2. The minimum atomic E-state index is -0.543. The predicted octanol–water partition coefficient (Wildman–Crippen LogP) is 4.12. The molecule has 158 valence electrons. The Hall–Kier alpha value is -3.33. The lowest BCUT2D eigenvalue weighted by Gasteiger charge is -2.34. The van der Waals surface area contributed by atoms with E-state index in [1.54, 1.807) is 23.4 Å². The highest BCUT2D eigenvalue weighted by Crippen LogP contribution is 2.40. The number of pyridine rings is 2. The van der Waals surface area contributed by atoms with Crippen LogP contribution in [0.25, 0.3) is 11.4 Å². The minimum absolute atomic E-state index is 0.0392. The maximum Gasteiger partial charge on any atom is 0.416 e. The van der Waals surface area contributed by atoms with Crippen molar-refractivity contribution in [1.29, 1.82) is 0 Å². The molecule has 2 aliphatic rings. The van der Waals surface area contributed by atoms with Gasteiger partial charge in [-0.1, -0.05) is 12.1 Å². The molecular formula is C22H21N5O3S. The zero-order chi connectivity index (χ0) is 21.3. The van der Waals surface area contributed by atoms with Crippen molar-refractivity contribution in [3.05, 3.63) is 54.2 Å². The van der Waals surface area contributed by atoms with E-state index >= 15 is 0 Å².